The van der Waals surface area contributed by atoms with Crippen molar-refractivity contribution in [1.82, 2.24) is 4.89 Å². The van der Waals surface area contributed by atoms with Crippen molar-refractivity contribution in [2.24, 2.45) is 0 Å². The van der Waals surface area contributed by atoms with Crippen molar-refractivity contribution in [3.63, 3.8) is 0 Å². The molecule has 0 aliphatic carbocycles. The van der Waals surface area contributed by atoms with Crippen LogP contribution in [-0.4, -0.2) is 21.3 Å². The molecule has 1 unspecified atom stereocenters. The summed E-state index contributed by atoms with van der Waals surface area (Å²) in [5, 5.41) is 2.75. The first-order valence-corrected chi connectivity index (χ1v) is 5.09. The van der Waals surface area contributed by atoms with Gasteiger partial charge in [-0.2, -0.15) is 0 Å². The molecule has 1 atom stereocenters. The molecule has 0 heterocycles. The van der Waals surface area contributed by atoms with Gasteiger partial charge in [-0.15, -0.1) is 0 Å². The van der Waals surface area contributed by atoms with E-state index in [1.54, 1.807) is 24.3 Å². The zero-order valence-corrected chi connectivity index (χ0v) is 8.45. The van der Waals surface area contributed by atoms with Crippen LogP contribution < -0.4 is 10.2 Å². The fourth-order valence-corrected chi connectivity index (χ4v) is 1.01. The summed E-state index contributed by atoms with van der Waals surface area (Å²) < 4.78 is 19.9. The lowest BCUT2D eigenvalue weighted by Gasteiger charge is -2.08. The molecule has 82 valence electrons. The van der Waals surface area contributed by atoms with Crippen molar-refractivity contribution in [3.05, 3.63) is 30.3 Å². The SMILES string of the molecule is O=C(CNc1ccccc1)ONS(=O)[O-]. The zero-order valence-electron chi connectivity index (χ0n) is 7.64. The van der Waals surface area contributed by atoms with Gasteiger partial charge < -0.3 is 14.7 Å². The monoisotopic (exact) mass is 229 g/mol. The molecule has 0 aliphatic rings. The van der Waals surface area contributed by atoms with Crippen LogP contribution in [0.3, 0.4) is 0 Å². The van der Waals surface area contributed by atoms with Gasteiger partial charge in [0.25, 0.3) is 0 Å². The van der Waals surface area contributed by atoms with Crippen LogP contribution in [0.2, 0.25) is 0 Å². The summed E-state index contributed by atoms with van der Waals surface area (Å²) >= 11 is -2.61. The van der Waals surface area contributed by atoms with Crippen molar-refractivity contribution in [2.75, 3.05) is 11.9 Å². The van der Waals surface area contributed by atoms with Gasteiger partial charge in [0, 0.05) is 5.69 Å². The first-order valence-electron chi connectivity index (χ1n) is 4.02. The van der Waals surface area contributed by atoms with Crippen LogP contribution in [0.1, 0.15) is 0 Å². The first-order chi connectivity index (χ1) is 7.18. The molecule has 1 aromatic rings. The number of para-hydroxylation sites is 1. The molecular formula is C8H9N2O4S-. The average Bonchev–Trinajstić information content (AvgIpc) is 2.25. The standard InChI is InChI=1S/C8H10N2O4S/c11-8(14-10-15(12)13)6-9-7-4-2-1-3-5-7/h1-5,9-10H,6H2,(H,12,13)/p-1. The van der Waals surface area contributed by atoms with Crippen LogP contribution in [0.4, 0.5) is 5.69 Å². The third-order valence-corrected chi connectivity index (χ3v) is 1.65. The summed E-state index contributed by atoms with van der Waals surface area (Å²) in [6.07, 6.45) is 0. The molecule has 0 aliphatic heterocycles. The minimum absolute atomic E-state index is 0.117. The van der Waals surface area contributed by atoms with E-state index >= 15 is 0 Å². The van der Waals surface area contributed by atoms with Crippen LogP contribution in [-0.2, 0) is 20.9 Å². The summed E-state index contributed by atoms with van der Waals surface area (Å²) in [4.78, 5) is 16.6. The average molecular weight is 229 g/mol. The second-order valence-electron chi connectivity index (χ2n) is 2.51. The van der Waals surface area contributed by atoms with E-state index in [4.69, 9.17) is 0 Å². The van der Waals surface area contributed by atoms with Crippen molar-refractivity contribution >= 4 is 22.9 Å². The van der Waals surface area contributed by atoms with E-state index in [1.807, 2.05) is 6.07 Å². The highest BCUT2D eigenvalue weighted by atomic mass is 32.2. The molecule has 0 fully saturated rings. The molecule has 2 N–H and O–H groups in total. The molecule has 6 nitrogen and oxygen atoms in total. The van der Waals surface area contributed by atoms with E-state index in [9.17, 15) is 13.6 Å². The largest absolute Gasteiger partial charge is 0.758 e. The third kappa shape index (κ3) is 5.11. The Morgan fingerprint density at radius 3 is 2.67 bits per heavy atom. The Morgan fingerprint density at radius 1 is 1.40 bits per heavy atom. The van der Waals surface area contributed by atoms with Gasteiger partial charge in [-0.25, -0.2) is 4.79 Å². The van der Waals surface area contributed by atoms with E-state index in [-0.39, 0.29) is 6.54 Å². The molecule has 0 saturated heterocycles. The highest BCUT2D eigenvalue weighted by molar-refractivity contribution is 7.76. The highest BCUT2D eigenvalue weighted by Gasteiger charge is 2.01. The van der Waals surface area contributed by atoms with Gasteiger partial charge in [0.2, 0.25) is 0 Å². The minimum atomic E-state index is -2.61. The number of benzene rings is 1. The van der Waals surface area contributed by atoms with Crippen molar-refractivity contribution in [2.45, 2.75) is 0 Å². The predicted molar refractivity (Wildman–Crippen MR) is 53.1 cm³/mol. The molecular weight excluding hydrogens is 220 g/mol. The van der Waals surface area contributed by atoms with Crippen molar-refractivity contribution in [1.29, 1.82) is 0 Å². The third-order valence-electron chi connectivity index (χ3n) is 1.43. The Labute approximate surface area is 89.0 Å². The van der Waals surface area contributed by atoms with E-state index in [0.717, 1.165) is 5.69 Å². The van der Waals surface area contributed by atoms with Gasteiger partial charge in [0.05, 0.1) is 11.3 Å². The highest BCUT2D eigenvalue weighted by Crippen LogP contribution is 2.03. The Morgan fingerprint density at radius 2 is 2.07 bits per heavy atom. The van der Waals surface area contributed by atoms with Crippen LogP contribution in [0, 0.1) is 0 Å². The van der Waals surface area contributed by atoms with Gasteiger partial charge in [-0.1, -0.05) is 23.1 Å². The topological polar surface area (TPSA) is 90.5 Å². The number of rotatable bonds is 5. The number of nitrogens with one attached hydrogen (secondary N) is 2. The molecule has 0 amide bonds. The van der Waals surface area contributed by atoms with Gasteiger partial charge >= 0.3 is 5.97 Å². The summed E-state index contributed by atoms with van der Waals surface area (Å²) in [6.45, 7) is -0.117. The van der Waals surface area contributed by atoms with Crippen LogP contribution in [0.5, 0.6) is 0 Å². The smallest absolute Gasteiger partial charge is 0.344 e. The van der Waals surface area contributed by atoms with Crippen molar-refractivity contribution < 1.29 is 18.4 Å². The number of carbonyl (C=O) groups excluding carboxylic acids is 1. The molecule has 15 heavy (non-hydrogen) atoms. The van der Waals surface area contributed by atoms with E-state index in [2.05, 4.69) is 10.2 Å². The Kier molecular flexibility index (Phi) is 4.75. The zero-order chi connectivity index (χ0) is 11.1. The van der Waals surface area contributed by atoms with Gasteiger partial charge in [-0.3, -0.25) is 4.21 Å². The fraction of sp³-hybridized carbons (Fsp3) is 0.125. The molecule has 0 bridgehead atoms. The summed E-state index contributed by atoms with van der Waals surface area (Å²) in [5.74, 6) is -0.719. The summed E-state index contributed by atoms with van der Waals surface area (Å²) in [6, 6.07) is 8.99. The Hall–Kier alpha value is -1.44. The lowest BCUT2D eigenvalue weighted by molar-refractivity contribution is -0.144. The first kappa shape index (κ1) is 11.6. The maximum atomic E-state index is 10.9. The van der Waals surface area contributed by atoms with E-state index < -0.39 is 17.2 Å². The van der Waals surface area contributed by atoms with Gasteiger partial charge in [0.15, 0.2) is 0 Å². The molecule has 0 saturated carbocycles. The van der Waals surface area contributed by atoms with E-state index in [0.29, 0.717) is 0 Å². The van der Waals surface area contributed by atoms with Gasteiger partial charge in [-0.05, 0) is 12.1 Å². The molecule has 0 radical (unpaired) electrons. The Balaban J connectivity index is 2.26. The number of anilines is 1. The number of carbonyl (C=O) groups is 1. The fourth-order valence-electron chi connectivity index (χ4n) is 0.847. The number of hydrogen-bond acceptors (Lipinski definition) is 5. The lowest BCUT2D eigenvalue weighted by Crippen LogP contribution is -2.26. The Bertz CT molecular complexity index is 344. The number of hydrogen-bond donors (Lipinski definition) is 2. The predicted octanol–water partition coefficient (Wildman–Crippen LogP) is -0.0596. The second-order valence-corrected chi connectivity index (χ2v) is 3.15. The van der Waals surface area contributed by atoms with Crippen LogP contribution in [0.15, 0.2) is 30.3 Å². The van der Waals surface area contributed by atoms with Gasteiger partial charge in [0.1, 0.15) is 6.54 Å². The normalized spacial score (nSPS) is 11.8. The summed E-state index contributed by atoms with van der Waals surface area (Å²) in [5.41, 5.74) is 0.748. The minimum Gasteiger partial charge on any atom is -0.758 e. The molecule has 0 aromatic heterocycles. The van der Waals surface area contributed by atoms with E-state index in [1.165, 1.54) is 4.89 Å². The molecule has 0 spiro atoms. The maximum Gasteiger partial charge on any atom is 0.344 e. The summed E-state index contributed by atoms with van der Waals surface area (Å²) in [7, 11) is 0. The molecule has 7 heteroatoms. The molecule has 1 rings (SSSR count). The van der Waals surface area contributed by atoms with Crippen molar-refractivity contribution in [3.8, 4) is 0 Å². The lowest BCUT2D eigenvalue weighted by atomic mass is 10.3. The second kappa shape index (κ2) is 6.12. The quantitative estimate of drug-likeness (QED) is 0.545. The van der Waals surface area contributed by atoms with Crippen LogP contribution in [0.25, 0.3) is 0 Å². The van der Waals surface area contributed by atoms with Crippen LogP contribution >= 0.6 is 0 Å². The molecule has 1 aromatic carbocycles. The maximum absolute atomic E-state index is 10.9.